The van der Waals surface area contributed by atoms with Crippen LogP contribution in [0.4, 0.5) is 4.39 Å². The number of halogens is 2. The number of hydrogen-bond acceptors (Lipinski definition) is 2. The SMILES string of the molecule is Cc1cc(F)ccc1CN1CC(CBr)OCC1C. The van der Waals surface area contributed by atoms with Gasteiger partial charge in [0.25, 0.3) is 0 Å². The van der Waals surface area contributed by atoms with Gasteiger partial charge in [0.2, 0.25) is 0 Å². The molecule has 2 nitrogen and oxygen atoms in total. The molecule has 1 fully saturated rings. The first-order chi connectivity index (χ1) is 8.60. The fourth-order valence-corrected chi connectivity index (χ4v) is 2.64. The molecular formula is C14H19BrFNO. The van der Waals surface area contributed by atoms with Crippen LogP contribution in [0.2, 0.25) is 0 Å². The average molecular weight is 316 g/mol. The standard InChI is InChI=1S/C14H19BrFNO/c1-10-5-13(16)4-3-12(10)7-17-8-14(6-15)18-9-11(17)2/h3-5,11,14H,6-9H2,1-2H3. The van der Waals surface area contributed by atoms with Crippen LogP contribution < -0.4 is 0 Å². The molecule has 0 N–H and O–H groups in total. The maximum absolute atomic E-state index is 13.1. The Morgan fingerprint density at radius 2 is 2.28 bits per heavy atom. The van der Waals surface area contributed by atoms with E-state index in [1.165, 1.54) is 11.6 Å². The lowest BCUT2D eigenvalue weighted by Gasteiger charge is -2.37. The van der Waals surface area contributed by atoms with Gasteiger partial charge in [0.1, 0.15) is 5.82 Å². The van der Waals surface area contributed by atoms with Crippen LogP contribution in [0, 0.1) is 12.7 Å². The Kier molecular flexibility index (Phi) is 4.76. The van der Waals surface area contributed by atoms with Crippen LogP contribution in [0.25, 0.3) is 0 Å². The normalized spacial score (nSPS) is 25.3. The molecule has 0 radical (unpaired) electrons. The number of hydrogen-bond donors (Lipinski definition) is 0. The molecule has 100 valence electrons. The Balaban J connectivity index is 2.07. The highest BCUT2D eigenvalue weighted by molar-refractivity contribution is 9.09. The molecule has 0 amide bonds. The summed E-state index contributed by atoms with van der Waals surface area (Å²) in [6.07, 6.45) is 0.252. The van der Waals surface area contributed by atoms with E-state index < -0.39 is 0 Å². The van der Waals surface area contributed by atoms with E-state index >= 15 is 0 Å². The summed E-state index contributed by atoms with van der Waals surface area (Å²) < 4.78 is 18.8. The van der Waals surface area contributed by atoms with Crippen molar-refractivity contribution in [3.63, 3.8) is 0 Å². The third-order valence-corrected chi connectivity index (χ3v) is 4.21. The monoisotopic (exact) mass is 315 g/mol. The molecule has 2 atom stereocenters. The highest BCUT2D eigenvalue weighted by atomic mass is 79.9. The maximum atomic E-state index is 13.1. The number of nitrogens with zero attached hydrogens (tertiary/aromatic N) is 1. The van der Waals surface area contributed by atoms with Gasteiger partial charge >= 0.3 is 0 Å². The second kappa shape index (κ2) is 6.13. The highest BCUT2D eigenvalue weighted by Crippen LogP contribution is 2.19. The second-order valence-electron chi connectivity index (χ2n) is 4.96. The largest absolute Gasteiger partial charge is 0.374 e. The zero-order chi connectivity index (χ0) is 13.1. The maximum Gasteiger partial charge on any atom is 0.123 e. The first kappa shape index (κ1) is 14.0. The summed E-state index contributed by atoms with van der Waals surface area (Å²) in [6.45, 7) is 6.68. The lowest BCUT2D eigenvalue weighted by Crippen LogP contribution is -2.48. The van der Waals surface area contributed by atoms with Crippen molar-refractivity contribution in [1.82, 2.24) is 4.90 Å². The van der Waals surface area contributed by atoms with Gasteiger partial charge in [-0.05, 0) is 37.1 Å². The Bertz CT molecular complexity index is 413. The first-order valence-corrected chi connectivity index (χ1v) is 7.39. The van der Waals surface area contributed by atoms with Crippen LogP contribution in [-0.4, -0.2) is 35.5 Å². The third kappa shape index (κ3) is 3.31. The Hall–Kier alpha value is -0.450. The van der Waals surface area contributed by atoms with Crippen molar-refractivity contribution in [3.8, 4) is 0 Å². The smallest absolute Gasteiger partial charge is 0.123 e. The molecule has 0 bridgehead atoms. The average Bonchev–Trinajstić information content (AvgIpc) is 2.35. The number of alkyl halides is 1. The van der Waals surface area contributed by atoms with Gasteiger partial charge < -0.3 is 4.74 Å². The van der Waals surface area contributed by atoms with E-state index in [4.69, 9.17) is 4.74 Å². The molecule has 0 aromatic heterocycles. The number of rotatable bonds is 3. The summed E-state index contributed by atoms with van der Waals surface area (Å²) in [5, 5.41) is 0.860. The van der Waals surface area contributed by atoms with Gasteiger partial charge in [0.15, 0.2) is 0 Å². The van der Waals surface area contributed by atoms with Crippen LogP contribution in [-0.2, 0) is 11.3 Å². The minimum absolute atomic E-state index is 0.162. The molecule has 0 aliphatic carbocycles. The number of aryl methyl sites for hydroxylation is 1. The molecule has 1 heterocycles. The van der Waals surface area contributed by atoms with Gasteiger partial charge in [-0.15, -0.1) is 0 Å². The Morgan fingerprint density at radius 1 is 1.50 bits per heavy atom. The molecule has 1 aromatic carbocycles. The molecule has 4 heteroatoms. The zero-order valence-corrected chi connectivity index (χ0v) is 12.4. The van der Waals surface area contributed by atoms with Crippen LogP contribution in [0.5, 0.6) is 0 Å². The minimum atomic E-state index is -0.162. The zero-order valence-electron chi connectivity index (χ0n) is 10.8. The summed E-state index contributed by atoms with van der Waals surface area (Å²) in [6, 6.07) is 5.43. The molecule has 1 aliphatic rings. The number of ether oxygens (including phenoxy) is 1. The predicted octanol–water partition coefficient (Wildman–Crippen LogP) is 3.12. The molecule has 1 aromatic rings. The van der Waals surface area contributed by atoms with Gasteiger partial charge in [0, 0.05) is 24.5 Å². The van der Waals surface area contributed by atoms with Crippen molar-refractivity contribution in [2.75, 3.05) is 18.5 Å². The number of benzene rings is 1. The van der Waals surface area contributed by atoms with Crippen LogP contribution in [0.15, 0.2) is 18.2 Å². The lowest BCUT2D eigenvalue weighted by molar-refractivity contribution is -0.0500. The fourth-order valence-electron chi connectivity index (χ4n) is 2.24. The molecule has 0 saturated carbocycles. The van der Waals surface area contributed by atoms with E-state index in [9.17, 15) is 4.39 Å². The van der Waals surface area contributed by atoms with Crippen LogP contribution in [0.3, 0.4) is 0 Å². The molecule has 18 heavy (non-hydrogen) atoms. The van der Waals surface area contributed by atoms with Crippen molar-refractivity contribution in [1.29, 1.82) is 0 Å². The van der Waals surface area contributed by atoms with Gasteiger partial charge in [-0.2, -0.15) is 0 Å². The molecule has 0 spiro atoms. The van der Waals surface area contributed by atoms with E-state index in [0.29, 0.717) is 6.04 Å². The van der Waals surface area contributed by atoms with E-state index in [2.05, 4.69) is 27.8 Å². The Labute approximate surface area is 116 Å². The van der Waals surface area contributed by atoms with Crippen LogP contribution >= 0.6 is 15.9 Å². The topological polar surface area (TPSA) is 12.5 Å². The summed E-state index contributed by atoms with van der Waals surface area (Å²) in [5.41, 5.74) is 2.21. The van der Waals surface area contributed by atoms with Crippen molar-refractivity contribution >= 4 is 15.9 Å². The first-order valence-electron chi connectivity index (χ1n) is 6.26. The van der Waals surface area contributed by atoms with E-state index in [0.717, 1.165) is 30.6 Å². The van der Waals surface area contributed by atoms with Crippen molar-refractivity contribution < 1.29 is 9.13 Å². The quantitative estimate of drug-likeness (QED) is 0.795. The summed E-state index contributed by atoms with van der Waals surface area (Å²) >= 11 is 3.47. The van der Waals surface area contributed by atoms with Gasteiger partial charge in [-0.3, -0.25) is 4.90 Å². The molecule has 1 saturated heterocycles. The van der Waals surface area contributed by atoms with E-state index in [1.54, 1.807) is 6.07 Å². The van der Waals surface area contributed by atoms with E-state index in [1.807, 2.05) is 13.0 Å². The van der Waals surface area contributed by atoms with Crippen molar-refractivity contribution in [2.24, 2.45) is 0 Å². The minimum Gasteiger partial charge on any atom is -0.374 e. The number of morpholine rings is 1. The van der Waals surface area contributed by atoms with E-state index in [-0.39, 0.29) is 11.9 Å². The fraction of sp³-hybridized carbons (Fsp3) is 0.571. The summed E-state index contributed by atoms with van der Waals surface area (Å²) in [7, 11) is 0. The van der Waals surface area contributed by atoms with Crippen LogP contribution in [0.1, 0.15) is 18.1 Å². The van der Waals surface area contributed by atoms with Gasteiger partial charge in [0.05, 0.1) is 12.7 Å². The molecule has 2 unspecified atom stereocenters. The third-order valence-electron chi connectivity index (χ3n) is 3.48. The molecule has 1 aliphatic heterocycles. The van der Waals surface area contributed by atoms with Gasteiger partial charge in [-0.1, -0.05) is 22.0 Å². The molecular weight excluding hydrogens is 297 g/mol. The second-order valence-corrected chi connectivity index (χ2v) is 5.61. The van der Waals surface area contributed by atoms with Gasteiger partial charge in [-0.25, -0.2) is 4.39 Å². The summed E-state index contributed by atoms with van der Waals surface area (Å²) in [5.74, 6) is -0.162. The van der Waals surface area contributed by atoms with Crippen molar-refractivity contribution in [2.45, 2.75) is 32.5 Å². The lowest BCUT2D eigenvalue weighted by atomic mass is 10.1. The Morgan fingerprint density at radius 3 is 2.94 bits per heavy atom. The summed E-state index contributed by atoms with van der Waals surface area (Å²) in [4.78, 5) is 2.40. The molecule has 2 rings (SSSR count). The van der Waals surface area contributed by atoms with Crippen molar-refractivity contribution in [3.05, 3.63) is 35.1 Å². The highest BCUT2D eigenvalue weighted by Gasteiger charge is 2.25. The predicted molar refractivity (Wildman–Crippen MR) is 74.5 cm³/mol.